The molecule has 1 aromatic heterocycles. The molecule has 3 amide bonds. The molecule has 0 spiro atoms. The number of hydrogen-bond acceptors (Lipinski definition) is 5. The highest BCUT2D eigenvalue weighted by atomic mass is 79.9. The van der Waals surface area contributed by atoms with E-state index in [0.717, 1.165) is 15.1 Å². The van der Waals surface area contributed by atoms with Gasteiger partial charge in [-0.15, -0.1) is 11.8 Å². The Balaban J connectivity index is 1.36. The van der Waals surface area contributed by atoms with Crippen molar-refractivity contribution in [2.75, 3.05) is 16.4 Å². The topological polar surface area (TPSA) is 100 Å². The lowest BCUT2D eigenvalue weighted by molar-refractivity contribution is -0.114. The van der Waals surface area contributed by atoms with E-state index >= 15 is 0 Å². The number of thioether (sulfide) groups is 1. The minimum absolute atomic E-state index is 0.0341. The number of carbonyl (C=O) groups is 3. The Morgan fingerprint density at radius 2 is 1.49 bits per heavy atom. The van der Waals surface area contributed by atoms with Crippen LogP contribution in [0.15, 0.2) is 117 Å². The van der Waals surface area contributed by atoms with Gasteiger partial charge in [0.2, 0.25) is 5.91 Å². The quantitative estimate of drug-likeness (QED) is 0.163. The normalized spacial score (nSPS) is 11.0. The fraction of sp³-hybridized carbons (Fsp3) is 0.0357. The standard InChI is InChI=1S/C28H22BrN3O4S/c29-20-8-10-21(11-9-20)30-26(33)18-37-24-14-12-22(13-15-24)31-28(35)25(17-23-7-4-16-36-23)32-27(34)19-5-2-1-3-6-19/h1-17H,18H2,(H,30,33)(H,31,35)(H,32,34)/b25-17-. The van der Waals surface area contributed by atoms with Crippen molar-refractivity contribution < 1.29 is 18.8 Å². The van der Waals surface area contributed by atoms with Crippen LogP contribution in [-0.2, 0) is 9.59 Å². The van der Waals surface area contributed by atoms with Gasteiger partial charge in [-0.3, -0.25) is 14.4 Å². The molecular formula is C28H22BrN3O4S. The molecule has 1 heterocycles. The summed E-state index contributed by atoms with van der Waals surface area (Å²) in [6.45, 7) is 0. The molecule has 0 saturated carbocycles. The van der Waals surface area contributed by atoms with E-state index in [9.17, 15) is 14.4 Å². The maximum atomic E-state index is 13.0. The molecule has 3 N–H and O–H groups in total. The molecule has 4 rings (SSSR count). The minimum atomic E-state index is -0.505. The summed E-state index contributed by atoms with van der Waals surface area (Å²) < 4.78 is 6.25. The predicted octanol–water partition coefficient (Wildman–Crippen LogP) is 6.18. The van der Waals surface area contributed by atoms with Gasteiger partial charge in [0, 0.05) is 32.4 Å². The van der Waals surface area contributed by atoms with Gasteiger partial charge >= 0.3 is 0 Å². The van der Waals surface area contributed by atoms with Crippen molar-refractivity contribution in [3.8, 4) is 0 Å². The van der Waals surface area contributed by atoms with Crippen LogP contribution >= 0.6 is 27.7 Å². The van der Waals surface area contributed by atoms with Gasteiger partial charge in [0.05, 0.1) is 12.0 Å². The number of halogens is 1. The van der Waals surface area contributed by atoms with E-state index in [-0.39, 0.29) is 17.4 Å². The molecule has 0 aliphatic rings. The summed E-state index contributed by atoms with van der Waals surface area (Å²) in [5, 5.41) is 8.29. The van der Waals surface area contributed by atoms with Crippen LogP contribution in [0, 0.1) is 0 Å². The monoisotopic (exact) mass is 575 g/mol. The first-order valence-corrected chi connectivity index (χ1v) is 13.0. The first kappa shape index (κ1) is 26.0. The van der Waals surface area contributed by atoms with Crippen molar-refractivity contribution in [1.29, 1.82) is 0 Å². The van der Waals surface area contributed by atoms with Crippen molar-refractivity contribution in [2.24, 2.45) is 0 Å². The summed E-state index contributed by atoms with van der Waals surface area (Å²) >= 11 is 4.74. The summed E-state index contributed by atoms with van der Waals surface area (Å²) in [4.78, 5) is 38.7. The molecule has 9 heteroatoms. The molecular weight excluding hydrogens is 554 g/mol. The zero-order chi connectivity index (χ0) is 26.0. The summed E-state index contributed by atoms with van der Waals surface area (Å²) in [6.07, 6.45) is 2.94. The molecule has 4 aromatic rings. The van der Waals surface area contributed by atoms with Crippen LogP contribution in [0.2, 0.25) is 0 Å². The lowest BCUT2D eigenvalue weighted by atomic mass is 10.2. The largest absolute Gasteiger partial charge is 0.465 e. The minimum Gasteiger partial charge on any atom is -0.465 e. The van der Waals surface area contributed by atoms with Crippen LogP contribution in [-0.4, -0.2) is 23.5 Å². The highest BCUT2D eigenvalue weighted by Gasteiger charge is 2.16. The summed E-state index contributed by atoms with van der Waals surface area (Å²) in [5.74, 6) is -0.376. The van der Waals surface area contributed by atoms with Crippen LogP contribution in [0.3, 0.4) is 0 Å². The van der Waals surface area contributed by atoms with Gasteiger partial charge in [-0.05, 0) is 72.8 Å². The highest BCUT2D eigenvalue weighted by molar-refractivity contribution is 9.10. The van der Waals surface area contributed by atoms with E-state index in [1.807, 2.05) is 36.4 Å². The van der Waals surface area contributed by atoms with Gasteiger partial charge < -0.3 is 20.4 Å². The maximum Gasteiger partial charge on any atom is 0.272 e. The first-order valence-electron chi connectivity index (χ1n) is 11.2. The Kier molecular flexibility index (Phi) is 8.96. The Hall–Kier alpha value is -4.08. The molecule has 7 nitrogen and oxygen atoms in total. The zero-order valence-electron chi connectivity index (χ0n) is 19.4. The average Bonchev–Trinajstić information content (AvgIpc) is 3.43. The van der Waals surface area contributed by atoms with E-state index in [1.165, 1.54) is 24.1 Å². The number of rotatable bonds is 9. The molecule has 0 bridgehead atoms. The van der Waals surface area contributed by atoms with E-state index in [4.69, 9.17) is 4.42 Å². The fourth-order valence-corrected chi connectivity index (χ4v) is 4.13. The summed E-state index contributed by atoms with van der Waals surface area (Å²) in [7, 11) is 0. The van der Waals surface area contributed by atoms with Crippen molar-refractivity contribution in [3.05, 3.63) is 119 Å². The van der Waals surface area contributed by atoms with E-state index in [0.29, 0.717) is 17.0 Å². The van der Waals surface area contributed by atoms with Crippen LogP contribution in [0.4, 0.5) is 11.4 Å². The maximum absolute atomic E-state index is 13.0. The fourth-order valence-electron chi connectivity index (χ4n) is 3.17. The van der Waals surface area contributed by atoms with Crippen molar-refractivity contribution in [3.63, 3.8) is 0 Å². The van der Waals surface area contributed by atoms with Crippen molar-refractivity contribution in [1.82, 2.24) is 5.32 Å². The van der Waals surface area contributed by atoms with Crippen molar-refractivity contribution in [2.45, 2.75) is 4.90 Å². The Bertz CT molecular complexity index is 1390. The number of nitrogens with one attached hydrogen (secondary N) is 3. The van der Waals surface area contributed by atoms with Gasteiger partial charge in [-0.1, -0.05) is 34.1 Å². The third-order valence-corrected chi connectivity index (χ3v) is 6.51. The summed E-state index contributed by atoms with van der Waals surface area (Å²) in [5.41, 5.74) is 1.72. The van der Waals surface area contributed by atoms with Gasteiger partial charge in [0.15, 0.2) is 0 Å². The van der Waals surface area contributed by atoms with Gasteiger partial charge in [-0.25, -0.2) is 0 Å². The SMILES string of the molecule is O=C(CSc1ccc(NC(=O)/C(=C/c2ccco2)NC(=O)c2ccccc2)cc1)Nc1ccc(Br)cc1. The Morgan fingerprint density at radius 1 is 0.811 bits per heavy atom. The lowest BCUT2D eigenvalue weighted by Crippen LogP contribution is -2.30. The third kappa shape index (κ3) is 7.96. The average molecular weight is 576 g/mol. The smallest absolute Gasteiger partial charge is 0.272 e. The highest BCUT2D eigenvalue weighted by Crippen LogP contribution is 2.22. The van der Waals surface area contributed by atoms with E-state index in [1.54, 1.807) is 54.6 Å². The zero-order valence-corrected chi connectivity index (χ0v) is 21.8. The van der Waals surface area contributed by atoms with E-state index < -0.39 is 11.8 Å². The predicted molar refractivity (Wildman–Crippen MR) is 149 cm³/mol. The van der Waals surface area contributed by atoms with Crippen LogP contribution in [0.5, 0.6) is 0 Å². The van der Waals surface area contributed by atoms with Crippen molar-refractivity contribution >= 4 is 62.9 Å². The van der Waals surface area contributed by atoms with Crippen LogP contribution in [0.1, 0.15) is 16.1 Å². The van der Waals surface area contributed by atoms with Crippen LogP contribution in [0.25, 0.3) is 6.08 Å². The molecule has 0 aliphatic carbocycles. The second-order valence-electron chi connectivity index (χ2n) is 7.72. The Morgan fingerprint density at radius 3 is 2.16 bits per heavy atom. The van der Waals surface area contributed by atoms with Gasteiger partial charge in [-0.2, -0.15) is 0 Å². The number of benzene rings is 3. The molecule has 186 valence electrons. The molecule has 37 heavy (non-hydrogen) atoms. The molecule has 0 atom stereocenters. The number of amides is 3. The number of hydrogen-bond donors (Lipinski definition) is 3. The van der Waals surface area contributed by atoms with Crippen LogP contribution < -0.4 is 16.0 Å². The third-order valence-electron chi connectivity index (χ3n) is 4.97. The molecule has 0 unspecified atom stereocenters. The second kappa shape index (κ2) is 12.8. The first-order chi connectivity index (χ1) is 18.0. The summed E-state index contributed by atoms with van der Waals surface area (Å²) in [6, 6.07) is 26.4. The number of carbonyl (C=O) groups excluding carboxylic acids is 3. The molecule has 0 fully saturated rings. The second-order valence-corrected chi connectivity index (χ2v) is 9.68. The van der Waals surface area contributed by atoms with E-state index in [2.05, 4.69) is 31.9 Å². The van der Waals surface area contributed by atoms with Gasteiger partial charge in [0.1, 0.15) is 11.5 Å². The lowest BCUT2D eigenvalue weighted by Gasteiger charge is -2.11. The molecule has 0 radical (unpaired) electrons. The Labute approximate surface area is 226 Å². The number of furan rings is 1. The van der Waals surface area contributed by atoms with Gasteiger partial charge in [0.25, 0.3) is 11.8 Å². The molecule has 3 aromatic carbocycles. The molecule has 0 saturated heterocycles. The number of anilines is 2. The molecule has 0 aliphatic heterocycles.